The van der Waals surface area contributed by atoms with Crippen LogP contribution in [0.15, 0.2) is 29.3 Å². The minimum atomic E-state index is 0.152. The Balaban J connectivity index is 2.78. The molecule has 0 fully saturated rings. The Morgan fingerprint density at radius 3 is 2.76 bits per heavy atom. The van der Waals surface area contributed by atoms with Crippen molar-refractivity contribution in [3.8, 4) is 5.75 Å². The number of guanidine groups is 1. The van der Waals surface area contributed by atoms with E-state index in [0.717, 1.165) is 23.8 Å². The average molecular weight is 293 g/mol. The van der Waals surface area contributed by atoms with Crippen LogP contribution in [0.25, 0.3) is 0 Å². The van der Waals surface area contributed by atoms with Crippen LogP contribution in [-0.4, -0.2) is 49.8 Å². The molecule has 118 valence electrons. The van der Waals surface area contributed by atoms with Crippen molar-refractivity contribution in [2.24, 2.45) is 10.9 Å². The first kappa shape index (κ1) is 17.3. The topological polar surface area (TPSA) is 57.1 Å². The lowest BCUT2D eigenvalue weighted by atomic mass is 10.2. The first-order chi connectivity index (χ1) is 10.1. The molecule has 0 bridgehead atoms. The van der Waals surface area contributed by atoms with Gasteiger partial charge < -0.3 is 20.1 Å². The zero-order valence-electron chi connectivity index (χ0n) is 13.5. The summed E-state index contributed by atoms with van der Waals surface area (Å²) in [5, 5.41) is 12.4. The maximum absolute atomic E-state index is 9.10. The third-order valence-corrected chi connectivity index (χ3v) is 3.16. The number of hydrogen-bond acceptors (Lipinski definition) is 3. The highest BCUT2D eigenvalue weighted by atomic mass is 16.5. The molecule has 0 spiro atoms. The highest BCUT2D eigenvalue weighted by molar-refractivity contribution is 5.79. The smallest absolute Gasteiger partial charge is 0.193 e. The first-order valence-electron chi connectivity index (χ1n) is 7.34. The van der Waals surface area contributed by atoms with Gasteiger partial charge in [0.15, 0.2) is 5.96 Å². The second kappa shape index (κ2) is 9.23. The number of benzene rings is 1. The number of aliphatic imine (C=N–C) groups is 1. The molecule has 0 aromatic heterocycles. The Morgan fingerprint density at radius 2 is 2.14 bits per heavy atom. The van der Waals surface area contributed by atoms with Crippen molar-refractivity contribution in [3.05, 3.63) is 29.8 Å². The summed E-state index contributed by atoms with van der Waals surface area (Å²) >= 11 is 0. The van der Waals surface area contributed by atoms with Gasteiger partial charge in [0.2, 0.25) is 0 Å². The molecule has 0 saturated carbocycles. The minimum Gasteiger partial charge on any atom is -0.496 e. The molecule has 2 N–H and O–H groups in total. The highest BCUT2D eigenvalue weighted by Gasteiger charge is 2.10. The van der Waals surface area contributed by atoms with Crippen molar-refractivity contribution < 1.29 is 9.84 Å². The summed E-state index contributed by atoms with van der Waals surface area (Å²) in [5.41, 5.74) is 1.11. The van der Waals surface area contributed by atoms with Crippen LogP contribution in [-0.2, 0) is 6.54 Å². The van der Waals surface area contributed by atoms with Crippen molar-refractivity contribution >= 4 is 5.96 Å². The fourth-order valence-corrected chi connectivity index (χ4v) is 1.93. The van der Waals surface area contributed by atoms with E-state index in [2.05, 4.69) is 21.3 Å². The molecule has 0 saturated heterocycles. The fourth-order valence-electron chi connectivity index (χ4n) is 1.93. The Kier molecular flexibility index (Phi) is 7.61. The zero-order valence-corrected chi connectivity index (χ0v) is 13.5. The summed E-state index contributed by atoms with van der Waals surface area (Å²) in [6, 6.07) is 7.98. The van der Waals surface area contributed by atoms with Gasteiger partial charge in [0.1, 0.15) is 5.75 Å². The molecule has 1 aromatic carbocycles. The van der Waals surface area contributed by atoms with Crippen LogP contribution in [0.4, 0.5) is 0 Å². The highest BCUT2D eigenvalue weighted by Crippen LogP contribution is 2.18. The maximum atomic E-state index is 9.10. The molecule has 0 aliphatic heterocycles. The van der Waals surface area contributed by atoms with Crippen molar-refractivity contribution in [3.63, 3.8) is 0 Å². The molecule has 21 heavy (non-hydrogen) atoms. The molecule has 1 atom stereocenters. The quantitative estimate of drug-likeness (QED) is 0.594. The van der Waals surface area contributed by atoms with Crippen LogP contribution < -0.4 is 10.1 Å². The van der Waals surface area contributed by atoms with Gasteiger partial charge in [0.25, 0.3) is 0 Å². The molecule has 0 aliphatic carbocycles. The van der Waals surface area contributed by atoms with Gasteiger partial charge in [-0.1, -0.05) is 25.1 Å². The van der Waals surface area contributed by atoms with E-state index in [-0.39, 0.29) is 12.5 Å². The van der Waals surface area contributed by atoms with Crippen LogP contribution >= 0.6 is 0 Å². The molecular formula is C16H27N3O2. The lowest BCUT2D eigenvalue weighted by Crippen LogP contribution is -2.39. The summed E-state index contributed by atoms with van der Waals surface area (Å²) in [6.45, 7) is 6.30. The number of aliphatic hydroxyl groups is 1. The van der Waals surface area contributed by atoms with Crippen LogP contribution in [0.1, 0.15) is 19.4 Å². The minimum absolute atomic E-state index is 0.152. The third-order valence-electron chi connectivity index (χ3n) is 3.16. The van der Waals surface area contributed by atoms with E-state index in [1.165, 1.54) is 0 Å². The second-order valence-electron chi connectivity index (χ2n) is 5.15. The summed E-state index contributed by atoms with van der Waals surface area (Å²) in [6.07, 6.45) is 0. The second-order valence-corrected chi connectivity index (χ2v) is 5.15. The van der Waals surface area contributed by atoms with Gasteiger partial charge in [-0.2, -0.15) is 0 Å². The monoisotopic (exact) mass is 293 g/mol. The Labute approximate surface area is 127 Å². The fraction of sp³-hybridized carbons (Fsp3) is 0.562. The summed E-state index contributed by atoms with van der Waals surface area (Å²) in [5.74, 6) is 1.88. The van der Waals surface area contributed by atoms with Crippen LogP contribution in [0.5, 0.6) is 5.75 Å². The number of para-hydroxylation sites is 1. The summed E-state index contributed by atoms with van der Waals surface area (Å²) < 4.78 is 5.38. The van der Waals surface area contributed by atoms with E-state index < -0.39 is 0 Å². The van der Waals surface area contributed by atoms with E-state index in [1.54, 1.807) is 7.11 Å². The van der Waals surface area contributed by atoms with E-state index in [1.807, 2.05) is 39.1 Å². The van der Waals surface area contributed by atoms with E-state index in [0.29, 0.717) is 13.1 Å². The zero-order chi connectivity index (χ0) is 15.7. The number of ether oxygens (including phenoxy) is 1. The summed E-state index contributed by atoms with van der Waals surface area (Å²) in [4.78, 5) is 6.63. The number of aliphatic hydroxyl groups excluding tert-OH is 1. The molecule has 5 nitrogen and oxygen atoms in total. The number of nitrogens with zero attached hydrogens (tertiary/aromatic N) is 2. The molecule has 0 radical (unpaired) electrons. The lowest BCUT2D eigenvalue weighted by Gasteiger charge is -2.23. The van der Waals surface area contributed by atoms with Crippen molar-refractivity contribution in [1.82, 2.24) is 10.2 Å². The maximum Gasteiger partial charge on any atom is 0.193 e. The number of methoxy groups -OCH3 is 1. The summed E-state index contributed by atoms with van der Waals surface area (Å²) in [7, 11) is 3.68. The molecular weight excluding hydrogens is 266 g/mol. The molecule has 1 unspecified atom stereocenters. The third kappa shape index (κ3) is 5.63. The predicted octanol–water partition coefficient (Wildman–Crippen LogP) is 1.72. The molecule has 0 aliphatic rings. The molecule has 1 aromatic rings. The van der Waals surface area contributed by atoms with Gasteiger partial charge in [-0.05, 0) is 18.9 Å². The van der Waals surface area contributed by atoms with Gasteiger partial charge in [-0.25, -0.2) is 0 Å². The van der Waals surface area contributed by atoms with Crippen molar-refractivity contribution in [2.75, 3.05) is 33.9 Å². The van der Waals surface area contributed by atoms with Crippen LogP contribution in [0.3, 0.4) is 0 Å². The SMILES string of the molecule is CCNC(=NCC(C)CO)N(C)Cc1ccccc1OC. The standard InChI is InChI=1S/C16H27N3O2/c1-5-17-16(18-10-13(2)12-20)19(3)11-14-8-6-7-9-15(14)21-4/h6-9,13,20H,5,10-12H2,1-4H3,(H,17,18). The van der Waals surface area contributed by atoms with Crippen molar-refractivity contribution in [2.45, 2.75) is 20.4 Å². The predicted molar refractivity (Wildman–Crippen MR) is 86.7 cm³/mol. The van der Waals surface area contributed by atoms with E-state index >= 15 is 0 Å². The molecule has 0 heterocycles. The van der Waals surface area contributed by atoms with E-state index in [9.17, 15) is 0 Å². The van der Waals surface area contributed by atoms with Crippen LogP contribution in [0.2, 0.25) is 0 Å². The number of hydrogen-bond donors (Lipinski definition) is 2. The lowest BCUT2D eigenvalue weighted by molar-refractivity contribution is 0.241. The number of rotatable bonds is 7. The van der Waals surface area contributed by atoms with Gasteiger partial charge in [0, 0.05) is 38.9 Å². The van der Waals surface area contributed by atoms with E-state index in [4.69, 9.17) is 9.84 Å². The van der Waals surface area contributed by atoms with Gasteiger partial charge in [-0.3, -0.25) is 4.99 Å². The Hall–Kier alpha value is -1.75. The van der Waals surface area contributed by atoms with Gasteiger partial charge in [0.05, 0.1) is 7.11 Å². The van der Waals surface area contributed by atoms with Gasteiger partial charge >= 0.3 is 0 Å². The molecule has 5 heteroatoms. The first-order valence-corrected chi connectivity index (χ1v) is 7.34. The molecule has 1 rings (SSSR count). The van der Waals surface area contributed by atoms with Gasteiger partial charge in [-0.15, -0.1) is 0 Å². The molecule has 0 amide bonds. The normalized spacial score (nSPS) is 12.9. The Morgan fingerprint density at radius 1 is 1.43 bits per heavy atom. The average Bonchev–Trinajstić information content (AvgIpc) is 2.51. The van der Waals surface area contributed by atoms with Crippen molar-refractivity contribution in [1.29, 1.82) is 0 Å². The largest absolute Gasteiger partial charge is 0.496 e. The van der Waals surface area contributed by atoms with Crippen LogP contribution in [0, 0.1) is 5.92 Å². The Bertz CT molecular complexity index is 449. The number of nitrogens with one attached hydrogen (secondary N) is 1.